The fourth-order valence-electron chi connectivity index (χ4n) is 0. The van der Waals surface area contributed by atoms with Gasteiger partial charge in [0, 0.05) is 0 Å². The third kappa shape index (κ3) is 2.96. The molecule has 0 aromatic rings. The molecule has 0 aliphatic heterocycles. The molecule has 0 saturated heterocycles. The highest BCUT2D eigenvalue weighted by molar-refractivity contribution is 8.00. The second-order valence-electron chi connectivity index (χ2n) is 0.247. The molecular weight excluding hydrogens is 109 g/mol. The summed E-state index contributed by atoms with van der Waals surface area (Å²) in [5.74, 6) is 0. The molecule has 0 heterocycles. The van der Waals surface area contributed by atoms with Crippen LogP contribution in [-0.2, 0) is 11.8 Å². The Morgan fingerprint density at radius 2 is 2.25 bits per heavy atom. The zero-order valence-corrected chi connectivity index (χ0v) is 4.80. The highest BCUT2D eigenvalue weighted by Gasteiger charge is 1.39. The van der Waals surface area contributed by atoms with Gasteiger partial charge in [0.1, 0.15) is 0 Å². The van der Waals surface area contributed by atoms with E-state index in [1.165, 1.54) is 0 Å². The first-order valence-electron chi connectivity index (χ1n) is 0.748. The lowest BCUT2D eigenvalue weighted by Gasteiger charge is -1.64. The number of nitrogens with one attached hydrogen (secondary N) is 1. The predicted molar refractivity (Wildman–Crippen MR) is 29.2 cm³/mol. The van der Waals surface area contributed by atoms with E-state index in [0.29, 0.717) is 0 Å². The average molecular weight is 113 g/mol. The summed E-state index contributed by atoms with van der Waals surface area (Å²) in [7, 11) is -0.0201. The zero-order chi connectivity index (χ0) is 3.41. The molecule has 4 heteroatoms. The van der Waals surface area contributed by atoms with E-state index in [0.717, 1.165) is 0 Å². The van der Waals surface area contributed by atoms with Gasteiger partial charge in [-0.3, -0.25) is 0 Å². The lowest BCUT2D eigenvalue weighted by Crippen LogP contribution is -1.61. The summed E-state index contributed by atoms with van der Waals surface area (Å²) >= 11 is 8.05. The maximum Gasteiger partial charge on any atom is -0.00281 e. The summed E-state index contributed by atoms with van der Waals surface area (Å²) in [6.07, 6.45) is 0. The van der Waals surface area contributed by atoms with Crippen LogP contribution in [0.2, 0.25) is 0 Å². The average Bonchev–Trinajstić information content (AvgIpc) is 1.37. The molecule has 1 atom stereocenters. The minimum absolute atomic E-state index is 0.0201. The van der Waals surface area contributed by atoms with Crippen LogP contribution in [0.4, 0.5) is 0 Å². The number of hydrogen-bond acceptors (Lipinski definition) is 2. The fourth-order valence-corrected chi connectivity index (χ4v) is 0. The van der Waals surface area contributed by atoms with Crippen molar-refractivity contribution in [2.75, 3.05) is 0 Å². The van der Waals surface area contributed by atoms with Crippen LogP contribution < -0.4 is 4.49 Å². The van der Waals surface area contributed by atoms with Crippen LogP contribution in [0, 0.1) is 0 Å². The Morgan fingerprint density at radius 3 is 2.25 bits per heavy atom. The van der Waals surface area contributed by atoms with E-state index in [9.17, 15) is 0 Å². The van der Waals surface area contributed by atoms with E-state index >= 15 is 0 Å². The molecule has 0 rings (SSSR count). The van der Waals surface area contributed by atoms with E-state index in [-0.39, 0.29) is 7.51 Å². The molecule has 0 aliphatic carbocycles. The summed E-state index contributed by atoms with van der Waals surface area (Å²) in [4.78, 5) is 0. The van der Waals surface area contributed by atoms with Crippen LogP contribution in [0.1, 0.15) is 0 Å². The maximum absolute atomic E-state index is 4.45. The SMILES string of the molecule is S=[PH2]NS. The van der Waals surface area contributed by atoms with Crippen molar-refractivity contribution in [3.63, 3.8) is 0 Å². The van der Waals surface area contributed by atoms with Crippen LogP contribution in [0.3, 0.4) is 0 Å². The Bertz CT molecular complexity index is 20.0. The third-order valence-corrected chi connectivity index (χ3v) is 1.42. The minimum atomic E-state index is -0.0201. The van der Waals surface area contributed by atoms with E-state index in [1.54, 1.807) is 0 Å². The Hall–Kier alpha value is 0.960. The molecule has 0 aromatic carbocycles. The number of rotatable bonds is 1. The van der Waals surface area contributed by atoms with Gasteiger partial charge in [0.05, 0.1) is 0 Å². The standard InChI is InChI=1S/H4NPS2/c3-1-2-4/h3H,2H2,(H,1,4). The van der Waals surface area contributed by atoms with Gasteiger partial charge in [-0.2, -0.15) is 0 Å². The summed E-state index contributed by atoms with van der Waals surface area (Å²) in [5.41, 5.74) is 0. The molecular formula is H4NPS2. The zero-order valence-electron chi connectivity index (χ0n) is 1.93. The van der Waals surface area contributed by atoms with Crippen molar-refractivity contribution in [3.8, 4) is 0 Å². The molecule has 0 fully saturated rings. The van der Waals surface area contributed by atoms with Crippen LogP contribution in [-0.4, -0.2) is 0 Å². The molecule has 0 amide bonds. The second-order valence-corrected chi connectivity index (χ2v) is 2.22. The van der Waals surface area contributed by atoms with Gasteiger partial charge in [0.25, 0.3) is 0 Å². The van der Waals surface area contributed by atoms with Crippen LogP contribution in [0.5, 0.6) is 0 Å². The smallest absolute Gasteiger partial charge is 0.00281 e. The largest absolute Gasteiger partial charge is 0.241 e. The van der Waals surface area contributed by atoms with Gasteiger partial charge < -0.3 is 0 Å². The van der Waals surface area contributed by atoms with Crippen molar-refractivity contribution in [1.82, 2.24) is 4.49 Å². The molecule has 0 bridgehead atoms. The van der Waals surface area contributed by atoms with Gasteiger partial charge in [0.15, 0.2) is 0 Å². The summed E-state index contributed by atoms with van der Waals surface area (Å²) < 4.78 is 2.52. The topological polar surface area (TPSA) is 12.0 Å². The van der Waals surface area contributed by atoms with Gasteiger partial charge in [0.2, 0.25) is 0 Å². The van der Waals surface area contributed by atoms with E-state index < -0.39 is 0 Å². The van der Waals surface area contributed by atoms with Crippen molar-refractivity contribution in [3.05, 3.63) is 0 Å². The van der Waals surface area contributed by atoms with Crippen molar-refractivity contribution in [2.24, 2.45) is 0 Å². The van der Waals surface area contributed by atoms with Crippen molar-refractivity contribution in [1.29, 1.82) is 0 Å². The summed E-state index contributed by atoms with van der Waals surface area (Å²) in [6.45, 7) is 0. The Balaban J connectivity index is 2.30. The van der Waals surface area contributed by atoms with Gasteiger partial charge in [-0.1, -0.05) is 24.6 Å². The molecule has 1 unspecified atom stereocenters. The fraction of sp³-hybridized carbons (Fsp3) is 0. The maximum atomic E-state index is 4.45. The van der Waals surface area contributed by atoms with Crippen molar-refractivity contribution in [2.45, 2.75) is 0 Å². The quantitative estimate of drug-likeness (QED) is 0.372. The van der Waals surface area contributed by atoms with Crippen LogP contribution in [0.25, 0.3) is 0 Å². The van der Waals surface area contributed by atoms with Gasteiger partial charge >= 0.3 is 0 Å². The monoisotopic (exact) mass is 113 g/mol. The molecule has 0 saturated carbocycles. The first-order valence-corrected chi connectivity index (χ1v) is 3.66. The number of thiol groups is 1. The Morgan fingerprint density at radius 1 is 2.00 bits per heavy atom. The molecule has 4 heavy (non-hydrogen) atoms. The van der Waals surface area contributed by atoms with Gasteiger partial charge in [-0.15, -0.1) is 0 Å². The molecule has 1 N–H and O–H groups in total. The highest BCUT2D eigenvalue weighted by atomic mass is 32.4. The molecule has 0 aliphatic rings. The van der Waals surface area contributed by atoms with Crippen LogP contribution >= 0.6 is 20.3 Å². The van der Waals surface area contributed by atoms with Crippen molar-refractivity contribution < 1.29 is 0 Å². The first kappa shape index (κ1) is 4.96. The molecule has 0 radical (unpaired) electrons. The van der Waals surface area contributed by atoms with Crippen LogP contribution in [0.15, 0.2) is 0 Å². The van der Waals surface area contributed by atoms with E-state index in [1.807, 2.05) is 0 Å². The molecule has 1 nitrogen and oxygen atoms in total. The summed E-state index contributed by atoms with van der Waals surface area (Å²) in [6, 6.07) is 0. The third-order valence-electron chi connectivity index (χ3n) is 0.0527. The Labute approximate surface area is 37.2 Å². The highest BCUT2D eigenvalue weighted by Crippen LogP contribution is 1.77. The lowest BCUT2D eigenvalue weighted by molar-refractivity contribution is 1.80. The molecule has 0 aromatic heterocycles. The minimum Gasteiger partial charge on any atom is -0.241 e. The second kappa shape index (κ2) is 3.96. The molecule has 26 valence electrons. The summed E-state index contributed by atoms with van der Waals surface area (Å²) in [5, 5.41) is 0. The van der Waals surface area contributed by atoms with Gasteiger partial charge in [-0.25, -0.2) is 4.49 Å². The molecule has 0 spiro atoms. The Kier molecular flexibility index (Phi) is 4.91. The van der Waals surface area contributed by atoms with Gasteiger partial charge in [-0.05, 0) is 7.51 Å². The number of hydrogen-bond donors (Lipinski definition) is 2. The van der Waals surface area contributed by atoms with Crippen molar-refractivity contribution >= 4 is 32.1 Å². The van der Waals surface area contributed by atoms with E-state index in [2.05, 4.69) is 29.1 Å². The lowest BCUT2D eigenvalue weighted by atomic mass is 13.9. The van der Waals surface area contributed by atoms with E-state index in [4.69, 9.17) is 0 Å². The normalized spacial score (nSPS) is 10.2. The predicted octanol–water partition coefficient (Wildman–Crippen LogP) is 0.209. The first-order chi connectivity index (χ1) is 1.91.